The summed E-state index contributed by atoms with van der Waals surface area (Å²) in [5, 5.41) is 0.814. The van der Waals surface area contributed by atoms with Crippen LogP contribution in [0.4, 0.5) is 0 Å². The normalized spacial score (nSPS) is 11.2. The summed E-state index contributed by atoms with van der Waals surface area (Å²) in [6.45, 7) is 2.78. The summed E-state index contributed by atoms with van der Waals surface area (Å²) in [7, 11) is 1.56. The van der Waals surface area contributed by atoms with E-state index in [1.807, 2.05) is 55.5 Å². The molecular weight excluding hydrogens is 396 g/mol. The lowest BCUT2D eigenvalue weighted by atomic mass is 10.0. The molecule has 0 aliphatic heterocycles. The maximum absolute atomic E-state index is 12.0. The fourth-order valence-corrected chi connectivity index (χ4v) is 3.15. The highest BCUT2D eigenvalue weighted by Crippen LogP contribution is 2.28. The molecule has 0 spiro atoms. The Morgan fingerprint density at radius 1 is 1.10 bits per heavy atom. The Bertz CT molecular complexity index is 1100. The zero-order valence-electron chi connectivity index (χ0n) is 17.8. The van der Waals surface area contributed by atoms with Gasteiger partial charge in [-0.1, -0.05) is 36.4 Å². The largest absolute Gasteiger partial charge is 0.489 e. The number of carbonyl (C=O) groups is 1. The van der Waals surface area contributed by atoms with Gasteiger partial charge in [0, 0.05) is 31.0 Å². The summed E-state index contributed by atoms with van der Waals surface area (Å²) in [6, 6.07) is 15.0. The predicted octanol–water partition coefficient (Wildman–Crippen LogP) is 4.32. The van der Waals surface area contributed by atoms with Crippen LogP contribution in [0.2, 0.25) is 0 Å². The lowest BCUT2D eigenvalue weighted by Gasteiger charge is -2.12. The Hall–Kier alpha value is -3.38. The quantitative estimate of drug-likeness (QED) is 0.275. The maximum atomic E-state index is 12.0. The SMILES string of the molecule is COCCOC(=O)CCc1cc2c(C)cc(=O)oc2cc1OC/C=C/c1ccccc1. The molecule has 0 bridgehead atoms. The van der Waals surface area contributed by atoms with Gasteiger partial charge in [-0.15, -0.1) is 0 Å². The van der Waals surface area contributed by atoms with Gasteiger partial charge in [0.2, 0.25) is 0 Å². The second-order valence-electron chi connectivity index (χ2n) is 7.04. The Balaban J connectivity index is 1.77. The van der Waals surface area contributed by atoms with E-state index in [4.69, 9.17) is 18.6 Å². The van der Waals surface area contributed by atoms with Gasteiger partial charge in [-0.3, -0.25) is 4.79 Å². The number of esters is 1. The lowest BCUT2D eigenvalue weighted by molar-refractivity contribution is -0.144. The minimum atomic E-state index is -0.408. The Morgan fingerprint density at radius 2 is 1.90 bits per heavy atom. The van der Waals surface area contributed by atoms with Crippen molar-refractivity contribution < 1.29 is 23.4 Å². The van der Waals surface area contributed by atoms with Crippen molar-refractivity contribution in [3.63, 3.8) is 0 Å². The van der Waals surface area contributed by atoms with E-state index in [1.165, 1.54) is 6.07 Å². The standard InChI is InChI=1S/C25H26O6/c1-18-15-25(27)31-23-17-22(29-12-6-9-19-7-4-3-5-8-19)20(16-21(18)23)10-11-24(26)30-14-13-28-2/h3-9,15-17H,10-14H2,1-2H3/b9-6+. The number of hydrogen-bond acceptors (Lipinski definition) is 6. The van der Waals surface area contributed by atoms with E-state index in [9.17, 15) is 9.59 Å². The van der Waals surface area contributed by atoms with Crippen LogP contribution in [0.3, 0.4) is 0 Å². The van der Waals surface area contributed by atoms with Crippen molar-refractivity contribution in [2.24, 2.45) is 0 Å². The third-order valence-corrected chi connectivity index (χ3v) is 4.73. The first-order valence-electron chi connectivity index (χ1n) is 10.1. The van der Waals surface area contributed by atoms with Gasteiger partial charge < -0.3 is 18.6 Å². The first-order valence-corrected chi connectivity index (χ1v) is 10.1. The molecule has 0 saturated heterocycles. The molecule has 6 nitrogen and oxygen atoms in total. The van der Waals surface area contributed by atoms with Gasteiger partial charge in [0.25, 0.3) is 0 Å². The van der Waals surface area contributed by atoms with Crippen LogP contribution in [0.15, 0.2) is 63.8 Å². The van der Waals surface area contributed by atoms with E-state index >= 15 is 0 Å². The Labute approximate surface area is 181 Å². The minimum Gasteiger partial charge on any atom is -0.489 e. The highest BCUT2D eigenvalue weighted by atomic mass is 16.6. The summed E-state index contributed by atoms with van der Waals surface area (Å²) >= 11 is 0. The second kappa shape index (κ2) is 11.1. The van der Waals surface area contributed by atoms with Crippen LogP contribution in [0.1, 0.15) is 23.1 Å². The number of fused-ring (bicyclic) bond motifs is 1. The van der Waals surface area contributed by atoms with Crippen molar-refractivity contribution in [1.29, 1.82) is 0 Å². The van der Waals surface area contributed by atoms with E-state index in [2.05, 4.69) is 0 Å². The minimum absolute atomic E-state index is 0.210. The summed E-state index contributed by atoms with van der Waals surface area (Å²) in [5.41, 5.74) is 2.78. The molecule has 0 atom stereocenters. The number of ether oxygens (including phenoxy) is 3. The molecule has 31 heavy (non-hydrogen) atoms. The third-order valence-electron chi connectivity index (χ3n) is 4.73. The first-order chi connectivity index (χ1) is 15.1. The summed E-state index contributed by atoms with van der Waals surface area (Å²) < 4.78 is 21.3. The third kappa shape index (κ3) is 6.55. The van der Waals surface area contributed by atoms with Crippen LogP contribution >= 0.6 is 0 Å². The summed E-state index contributed by atoms with van der Waals surface area (Å²) in [6.07, 6.45) is 4.53. The molecule has 3 rings (SSSR count). The maximum Gasteiger partial charge on any atom is 0.336 e. The molecule has 0 saturated carbocycles. The second-order valence-corrected chi connectivity index (χ2v) is 7.04. The van der Waals surface area contributed by atoms with Gasteiger partial charge in [0.05, 0.1) is 6.61 Å². The highest BCUT2D eigenvalue weighted by molar-refractivity contribution is 5.83. The van der Waals surface area contributed by atoms with Gasteiger partial charge in [0.15, 0.2) is 0 Å². The van der Waals surface area contributed by atoms with Crippen LogP contribution < -0.4 is 10.4 Å². The molecule has 0 aliphatic rings. The lowest BCUT2D eigenvalue weighted by Crippen LogP contribution is -2.11. The van der Waals surface area contributed by atoms with Crippen molar-refractivity contribution >= 4 is 23.0 Å². The predicted molar refractivity (Wildman–Crippen MR) is 119 cm³/mol. The van der Waals surface area contributed by atoms with Crippen molar-refractivity contribution in [3.8, 4) is 5.75 Å². The molecule has 3 aromatic rings. The molecule has 0 N–H and O–H groups in total. The van der Waals surface area contributed by atoms with E-state index in [1.54, 1.807) is 13.2 Å². The number of aryl methyl sites for hydroxylation is 2. The van der Waals surface area contributed by atoms with Crippen molar-refractivity contribution in [2.75, 3.05) is 26.9 Å². The summed E-state index contributed by atoms with van der Waals surface area (Å²) in [5.74, 6) is 0.270. The van der Waals surface area contributed by atoms with Crippen LogP contribution in [0.25, 0.3) is 17.0 Å². The van der Waals surface area contributed by atoms with E-state index in [0.717, 1.165) is 22.1 Å². The van der Waals surface area contributed by atoms with Crippen LogP contribution in [0, 0.1) is 6.92 Å². The molecule has 0 aliphatic carbocycles. The zero-order valence-corrected chi connectivity index (χ0v) is 17.8. The average molecular weight is 422 g/mol. The van der Waals surface area contributed by atoms with Crippen LogP contribution in [0.5, 0.6) is 5.75 Å². The zero-order chi connectivity index (χ0) is 22.1. The molecule has 6 heteroatoms. The highest BCUT2D eigenvalue weighted by Gasteiger charge is 2.13. The summed E-state index contributed by atoms with van der Waals surface area (Å²) in [4.78, 5) is 23.8. The average Bonchev–Trinajstić information content (AvgIpc) is 2.76. The topological polar surface area (TPSA) is 75.0 Å². The Morgan fingerprint density at radius 3 is 2.68 bits per heavy atom. The van der Waals surface area contributed by atoms with E-state index in [-0.39, 0.29) is 19.0 Å². The molecule has 0 amide bonds. The molecule has 0 radical (unpaired) electrons. The van der Waals surface area contributed by atoms with Crippen molar-refractivity contribution in [2.45, 2.75) is 19.8 Å². The van der Waals surface area contributed by atoms with Crippen LogP contribution in [-0.4, -0.2) is 32.9 Å². The number of benzene rings is 2. The van der Waals surface area contributed by atoms with Crippen molar-refractivity contribution in [1.82, 2.24) is 0 Å². The molecule has 1 aromatic heterocycles. The van der Waals surface area contributed by atoms with Gasteiger partial charge in [-0.2, -0.15) is 0 Å². The van der Waals surface area contributed by atoms with Gasteiger partial charge in [0.1, 0.15) is 24.5 Å². The van der Waals surface area contributed by atoms with Crippen molar-refractivity contribution in [3.05, 3.63) is 81.7 Å². The monoisotopic (exact) mass is 422 g/mol. The Kier molecular flexibility index (Phi) is 8.01. The molecule has 2 aromatic carbocycles. The van der Waals surface area contributed by atoms with Gasteiger partial charge in [-0.05, 0) is 42.2 Å². The number of carbonyl (C=O) groups excluding carboxylic acids is 1. The molecule has 0 fully saturated rings. The fourth-order valence-electron chi connectivity index (χ4n) is 3.15. The fraction of sp³-hybridized carbons (Fsp3) is 0.280. The molecular formula is C25H26O6. The molecule has 0 unspecified atom stereocenters. The molecule has 1 heterocycles. The van der Waals surface area contributed by atoms with Crippen LogP contribution in [-0.2, 0) is 20.7 Å². The number of hydrogen-bond donors (Lipinski definition) is 0. The van der Waals surface area contributed by atoms with Gasteiger partial charge in [-0.25, -0.2) is 4.79 Å². The van der Waals surface area contributed by atoms with E-state index in [0.29, 0.717) is 31.0 Å². The smallest absolute Gasteiger partial charge is 0.336 e. The number of rotatable bonds is 10. The molecule has 162 valence electrons. The first kappa shape index (κ1) is 22.3. The van der Waals surface area contributed by atoms with Gasteiger partial charge >= 0.3 is 11.6 Å². The number of methoxy groups -OCH3 is 1. The van der Waals surface area contributed by atoms with E-state index < -0.39 is 5.63 Å².